The number of hydrogen-bond acceptors (Lipinski definition) is 3. The summed E-state index contributed by atoms with van der Waals surface area (Å²) < 4.78 is 0. The first-order chi connectivity index (χ1) is 11.8. The SMILES string of the molecule is CCN1CCC(N2CCc3ccccc32)CC1.Nc1ccccc1. The van der Waals surface area contributed by atoms with E-state index in [1.165, 1.54) is 51.1 Å². The van der Waals surface area contributed by atoms with E-state index in [2.05, 4.69) is 41.0 Å². The zero-order valence-electron chi connectivity index (χ0n) is 14.7. The Morgan fingerprint density at radius 3 is 2.21 bits per heavy atom. The molecule has 3 heteroatoms. The zero-order chi connectivity index (χ0) is 16.8. The van der Waals surface area contributed by atoms with Crippen LogP contribution in [-0.4, -0.2) is 37.1 Å². The van der Waals surface area contributed by atoms with E-state index in [4.69, 9.17) is 5.73 Å². The van der Waals surface area contributed by atoms with Crippen LogP contribution in [0.1, 0.15) is 25.3 Å². The molecule has 2 aliphatic rings. The molecule has 2 aromatic rings. The van der Waals surface area contributed by atoms with Crippen molar-refractivity contribution >= 4 is 11.4 Å². The average molecular weight is 323 g/mol. The van der Waals surface area contributed by atoms with Crippen molar-refractivity contribution in [2.45, 2.75) is 32.2 Å². The number of rotatable bonds is 2. The molecule has 0 unspecified atom stereocenters. The highest BCUT2D eigenvalue weighted by atomic mass is 15.2. The molecule has 128 valence electrons. The molecule has 2 aromatic carbocycles. The highest BCUT2D eigenvalue weighted by molar-refractivity contribution is 5.58. The highest BCUT2D eigenvalue weighted by Gasteiger charge is 2.28. The Kier molecular flexibility index (Phi) is 5.76. The maximum absolute atomic E-state index is 5.36. The lowest BCUT2D eigenvalue weighted by molar-refractivity contribution is 0.219. The van der Waals surface area contributed by atoms with Gasteiger partial charge >= 0.3 is 0 Å². The van der Waals surface area contributed by atoms with Crippen molar-refractivity contribution in [1.29, 1.82) is 0 Å². The van der Waals surface area contributed by atoms with Gasteiger partial charge in [-0.25, -0.2) is 0 Å². The van der Waals surface area contributed by atoms with Gasteiger partial charge in [-0.1, -0.05) is 43.3 Å². The quantitative estimate of drug-likeness (QED) is 0.853. The molecule has 4 rings (SSSR count). The number of likely N-dealkylation sites (tertiary alicyclic amines) is 1. The molecule has 0 aliphatic carbocycles. The Morgan fingerprint density at radius 2 is 1.58 bits per heavy atom. The monoisotopic (exact) mass is 323 g/mol. The number of nitrogens with two attached hydrogens (primary N) is 1. The van der Waals surface area contributed by atoms with Crippen LogP contribution in [0.25, 0.3) is 0 Å². The van der Waals surface area contributed by atoms with Crippen molar-refractivity contribution < 1.29 is 0 Å². The minimum atomic E-state index is 0.779. The van der Waals surface area contributed by atoms with Gasteiger partial charge in [0.1, 0.15) is 0 Å². The van der Waals surface area contributed by atoms with Crippen LogP contribution >= 0.6 is 0 Å². The van der Waals surface area contributed by atoms with Crippen LogP contribution < -0.4 is 10.6 Å². The summed E-state index contributed by atoms with van der Waals surface area (Å²) in [5.74, 6) is 0. The molecule has 2 heterocycles. The summed E-state index contributed by atoms with van der Waals surface area (Å²) >= 11 is 0. The molecule has 3 nitrogen and oxygen atoms in total. The molecule has 0 radical (unpaired) electrons. The van der Waals surface area contributed by atoms with Crippen molar-refractivity contribution in [3.8, 4) is 0 Å². The standard InChI is InChI=1S/C15H22N2.C6H7N/c1-2-16-10-8-14(9-11-16)17-12-7-13-5-3-4-6-15(13)17;7-6-4-2-1-3-5-6/h3-6,14H,2,7-12H2,1H3;1-5H,7H2. The van der Waals surface area contributed by atoms with E-state index in [1.54, 1.807) is 5.56 Å². The summed E-state index contributed by atoms with van der Waals surface area (Å²) in [5.41, 5.74) is 9.23. The van der Waals surface area contributed by atoms with Crippen molar-refractivity contribution in [3.05, 3.63) is 60.2 Å². The normalized spacial score (nSPS) is 18.0. The first-order valence-electron chi connectivity index (χ1n) is 9.15. The first-order valence-corrected chi connectivity index (χ1v) is 9.15. The summed E-state index contributed by atoms with van der Waals surface area (Å²) in [5, 5.41) is 0. The van der Waals surface area contributed by atoms with E-state index in [0.717, 1.165) is 11.7 Å². The van der Waals surface area contributed by atoms with Crippen LogP contribution in [0.3, 0.4) is 0 Å². The molecule has 0 amide bonds. The minimum absolute atomic E-state index is 0.779. The molecule has 2 N–H and O–H groups in total. The minimum Gasteiger partial charge on any atom is -0.399 e. The Balaban J connectivity index is 0.000000203. The lowest BCUT2D eigenvalue weighted by atomic mass is 10.0. The van der Waals surface area contributed by atoms with Crippen molar-refractivity contribution in [2.24, 2.45) is 0 Å². The summed E-state index contributed by atoms with van der Waals surface area (Å²) in [7, 11) is 0. The van der Waals surface area contributed by atoms with Crippen LogP contribution in [-0.2, 0) is 6.42 Å². The number of hydrogen-bond donors (Lipinski definition) is 1. The van der Waals surface area contributed by atoms with Crippen LogP contribution in [0.5, 0.6) is 0 Å². The van der Waals surface area contributed by atoms with Gasteiger partial charge in [-0.05, 0) is 49.6 Å². The number of nitrogens with zero attached hydrogens (tertiary/aromatic N) is 2. The zero-order valence-corrected chi connectivity index (χ0v) is 14.7. The van der Waals surface area contributed by atoms with E-state index in [0.29, 0.717) is 0 Å². The Morgan fingerprint density at radius 1 is 0.917 bits per heavy atom. The third kappa shape index (κ3) is 4.09. The molecule has 24 heavy (non-hydrogen) atoms. The van der Waals surface area contributed by atoms with Gasteiger partial charge < -0.3 is 15.5 Å². The van der Waals surface area contributed by atoms with Crippen molar-refractivity contribution in [2.75, 3.05) is 36.8 Å². The van der Waals surface area contributed by atoms with Gasteiger partial charge in [-0.15, -0.1) is 0 Å². The fourth-order valence-corrected chi connectivity index (χ4v) is 3.74. The maximum Gasteiger partial charge on any atom is 0.0402 e. The average Bonchev–Trinajstić information content (AvgIpc) is 3.07. The van der Waals surface area contributed by atoms with Crippen LogP contribution in [0.2, 0.25) is 0 Å². The van der Waals surface area contributed by atoms with E-state index in [1.807, 2.05) is 30.3 Å². The fraction of sp³-hybridized carbons (Fsp3) is 0.429. The lowest BCUT2D eigenvalue weighted by Gasteiger charge is -2.37. The van der Waals surface area contributed by atoms with Gasteiger partial charge in [0.2, 0.25) is 0 Å². The molecule has 0 saturated carbocycles. The summed E-state index contributed by atoms with van der Waals surface area (Å²) in [6.07, 6.45) is 3.91. The second-order valence-corrected chi connectivity index (χ2v) is 6.65. The second-order valence-electron chi connectivity index (χ2n) is 6.65. The van der Waals surface area contributed by atoms with Gasteiger partial charge in [0.25, 0.3) is 0 Å². The predicted octanol–water partition coefficient (Wildman–Crippen LogP) is 3.80. The van der Waals surface area contributed by atoms with E-state index < -0.39 is 0 Å². The number of nitrogen functional groups attached to an aromatic ring is 1. The predicted molar refractivity (Wildman–Crippen MR) is 103 cm³/mol. The van der Waals surface area contributed by atoms with E-state index >= 15 is 0 Å². The van der Waals surface area contributed by atoms with E-state index in [-0.39, 0.29) is 0 Å². The number of piperidine rings is 1. The van der Waals surface area contributed by atoms with Crippen molar-refractivity contribution in [1.82, 2.24) is 4.90 Å². The summed E-state index contributed by atoms with van der Waals surface area (Å²) in [4.78, 5) is 5.22. The van der Waals surface area contributed by atoms with Crippen LogP contribution in [0, 0.1) is 0 Å². The molecule has 0 spiro atoms. The Labute approximate surface area is 146 Å². The van der Waals surface area contributed by atoms with Gasteiger partial charge in [-0.3, -0.25) is 0 Å². The molecular weight excluding hydrogens is 294 g/mol. The summed E-state index contributed by atoms with van der Waals surface area (Å²) in [6, 6.07) is 19.2. The Bertz CT molecular complexity index is 618. The van der Waals surface area contributed by atoms with Crippen LogP contribution in [0.15, 0.2) is 54.6 Å². The fourth-order valence-electron chi connectivity index (χ4n) is 3.74. The molecule has 2 aliphatic heterocycles. The number of fused-ring (bicyclic) bond motifs is 1. The molecule has 0 aromatic heterocycles. The van der Waals surface area contributed by atoms with Gasteiger partial charge in [0.05, 0.1) is 0 Å². The highest BCUT2D eigenvalue weighted by Crippen LogP contribution is 2.32. The number of anilines is 2. The van der Waals surface area contributed by atoms with Gasteiger partial charge in [-0.2, -0.15) is 0 Å². The van der Waals surface area contributed by atoms with Crippen molar-refractivity contribution in [3.63, 3.8) is 0 Å². The topological polar surface area (TPSA) is 32.5 Å². The van der Waals surface area contributed by atoms with Gasteiger partial charge in [0.15, 0.2) is 0 Å². The third-order valence-electron chi connectivity index (χ3n) is 5.17. The second kappa shape index (κ2) is 8.20. The van der Waals surface area contributed by atoms with Crippen LogP contribution in [0.4, 0.5) is 11.4 Å². The first kappa shape index (κ1) is 16.8. The molecule has 0 atom stereocenters. The summed E-state index contributed by atoms with van der Waals surface area (Å²) in [6.45, 7) is 7.27. The maximum atomic E-state index is 5.36. The van der Waals surface area contributed by atoms with Gasteiger partial charge in [0, 0.05) is 37.1 Å². The molecule has 0 bridgehead atoms. The number of para-hydroxylation sites is 2. The molecule has 1 fully saturated rings. The van der Waals surface area contributed by atoms with E-state index in [9.17, 15) is 0 Å². The third-order valence-corrected chi connectivity index (χ3v) is 5.17. The lowest BCUT2D eigenvalue weighted by Crippen LogP contribution is -2.44. The molecular formula is C21H29N3. The largest absolute Gasteiger partial charge is 0.399 e. The molecule has 1 saturated heterocycles. The smallest absolute Gasteiger partial charge is 0.0402 e. The number of benzene rings is 2. The Hall–Kier alpha value is -2.00.